The van der Waals surface area contributed by atoms with Crippen LogP contribution in [-0.4, -0.2) is 12.6 Å². The Morgan fingerprint density at radius 1 is 0.722 bits per heavy atom. The molecule has 0 unspecified atom stereocenters. The van der Waals surface area contributed by atoms with Gasteiger partial charge in [0, 0.05) is 6.42 Å². The molecule has 1 aliphatic heterocycles. The van der Waals surface area contributed by atoms with Crippen molar-refractivity contribution < 1.29 is 9.53 Å². The lowest BCUT2D eigenvalue weighted by Gasteiger charge is -2.04. The predicted octanol–water partition coefficient (Wildman–Crippen LogP) is 4.78. The van der Waals surface area contributed by atoms with Crippen molar-refractivity contribution in [3.8, 4) is 0 Å². The molecule has 104 valence electrons. The smallest absolute Gasteiger partial charge is 0.306 e. The van der Waals surface area contributed by atoms with Crippen LogP contribution in [0.2, 0.25) is 0 Å². The van der Waals surface area contributed by atoms with E-state index >= 15 is 0 Å². The molecule has 1 aliphatic rings. The van der Waals surface area contributed by atoms with Crippen LogP contribution in [0.15, 0.2) is 12.2 Å². The average Bonchev–Trinajstić information content (AvgIpc) is 2.37. The standard InChI is InChI=1S/C16H28O2/c17-16-14-12-10-8-6-4-2-1-3-5-7-9-11-13-15-18-16/h8,10H,1-7,9,11-15H2/b10-8-. The lowest BCUT2D eigenvalue weighted by Crippen LogP contribution is -2.05. The molecule has 1 heterocycles. The summed E-state index contributed by atoms with van der Waals surface area (Å²) in [6, 6.07) is 0. The number of cyclic esters (lactones) is 1. The van der Waals surface area contributed by atoms with Gasteiger partial charge in [0.2, 0.25) is 0 Å². The Hall–Kier alpha value is -0.790. The maximum absolute atomic E-state index is 11.4. The normalized spacial score (nSPS) is 23.9. The van der Waals surface area contributed by atoms with E-state index in [1.165, 1.54) is 51.4 Å². The van der Waals surface area contributed by atoms with Crippen molar-refractivity contribution in [2.24, 2.45) is 0 Å². The highest BCUT2D eigenvalue weighted by Crippen LogP contribution is 2.11. The lowest BCUT2D eigenvalue weighted by molar-refractivity contribution is -0.143. The van der Waals surface area contributed by atoms with Gasteiger partial charge in [-0.15, -0.1) is 0 Å². The first kappa shape index (κ1) is 15.3. The van der Waals surface area contributed by atoms with E-state index in [9.17, 15) is 4.79 Å². The molecule has 1 rings (SSSR count). The van der Waals surface area contributed by atoms with Crippen molar-refractivity contribution in [3.63, 3.8) is 0 Å². The van der Waals surface area contributed by atoms with E-state index < -0.39 is 0 Å². The third-order valence-electron chi connectivity index (χ3n) is 3.46. The highest BCUT2D eigenvalue weighted by atomic mass is 16.5. The maximum Gasteiger partial charge on any atom is 0.306 e. The quantitative estimate of drug-likeness (QED) is 0.458. The molecule has 18 heavy (non-hydrogen) atoms. The largest absolute Gasteiger partial charge is 0.466 e. The van der Waals surface area contributed by atoms with Crippen LogP contribution in [0.4, 0.5) is 0 Å². The first-order valence-electron chi connectivity index (χ1n) is 7.70. The molecule has 0 saturated heterocycles. The number of carbonyl (C=O) groups is 1. The van der Waals surface area contributed by atoms with E-state index in [0.717, 1.165) is 19.3 Å². The minimum absolute atomic E-state index is 0.0380. The molecule has 0 aliphatic carbocycles. The summed E-state index contributed by atoms with van der Waals surface area (Å²) in [6.45, 7) is 0.614. The summed E-state index contributed by atoms with van der Waals surface area (Å²) in [5, 5.41) is 0. The second-order valence-electron chi connectivity index (χ2n) is 5.20. The molecule has 0 spiro atoms. The molecule has 2 nitrogen and oxygen atoms in total. The third kappa shape index (κ3) is 9.26. The summed E-state index contributed by atoms with van der Waals surface area (Å²) >= 11 is 0. The molecule has 0 fully saturated rings. The SMILES string of the molecule is O=C1CC/C=C\CCCCCCCCCCCO1. The van der Waals surface area contributed by atoms with Crippen molar-refractivity contribution in [2.75, 3.05) is 6.61 Å². The molecule has 0 radical (unpaired) electrons. The van der Waals surface area contributed by atoms with Crippen LogP contribution in [0.5, 0.6) is 0 Å². The Morgan fingerprint density at radius 3 is 2.00 bits per heavy atom. The zero-order valence-corrected chi connectivity index (χ0v) is 11.7. The summed E-state index contributed by atoms with van der Waals surface area (Å²) in [5.41, 5.74) is 0. The molecular formula is C16H28O2. The Kier molecular flexibility index (Phi) is 9.59. The minimum atomic E-state index is -0.0380. The average molecular weight is 252 g/mol. The monoisotopic (exact) mass is 252 g/mol. The second kappa shape index (κ2) is 11.3. The number of esters is 1. The summed E-state index contributed by atoms with van der Waals surface area (Å²) in [6.07, 6.45) is 18.5. The Balaban J connectivity index is 2.18. The van der Waals surface area contributed by atoms with Crippen molar-refractivity contribution in [2.45, 2.75) is 77.0 Å². The molecule has 2 heteroatoms. The molecular weight excluding hydrogens is 224 g/mol. The summed E-state index contributed by atoms with van der Waals surface area (Å²) in [4.78, 5) is 11.4. The van der Waals surface area contributed by atoms with Crippen LogP contribution >= 0.6 is 0 Å². The Morgan fingerprint density at radius 2 is 1.28 bits per heavy atom. The number of allylic oxidation sites excluding steroid dienone is 2. The molecule has 0 amide bonds. The zero-order valence-electron chi connectivity index (χ0n) is 11.7. The minimum Gasteiger partial charge on any atom is -0.466 e. The molecule has 0 aromatic rings. The Labute approximate surface area is 112 Å². The molecule has 0 aromatic carbocycles. The molecule has 0 N–H and O–H groups in total. The lowest BCUT2D eigenvalue weighted by atomic mass is 10.1. The van der Waals surface area contributed by atoms with Crippen LogP contribution in [0, 0.1) is 0 Å². The first-order chi connectivity index (χ1) is 8.89. The van der Waals surface area contributed by atoms with Gasteiger partial charge >= 0.3 is 5.97 Å². The predicted molar refractivity (Wildman–Crippen MR) is 75.5 cm³/mol. The number of rotatable bonds is 0. The zero-order chi connectivity index (χ0) is 12.9. The summed E-state index contributed by atoms with van der Waals surface area (Å²) in [5.74, 6) is -0.0380. The topological polar surface area (TPSA) is 26.3 Å². The van der Waals surface area contributed by atoms with Gasteiger partial charge in [-0.1, -0.05) is 57.1 Å². The van der Waals surface area contributed by atoms with Crippen molar-refractivity contribution in [1.29, 1.82) is 0 Å². The fourth-order valence-electron chi connectivity index (χ4n) is 2.30. The van der Waals surface area contributed by atoms with Gasteiger partial charge in [0.05, 0.1) is 6.61 Å². The summed E-state index contributed by atoms with van der Waals surface area (Å²) < 4.78 is 5.19. The van der Waals surface area contributed by atoms with Gasteiger partial charge in [0.25, 0.3) is 0 Å². The van der Waals surface area contributed by atoms with E-state index in [0.29, 0.717) is 13.0 Å². The van der Waals surface area contributed by atoms with Crippen molar-refractivity contribution in [3.05, 3.63) is 12.2 Å². The fraction of sp³-hybridized carbons (Fsp3) is 0.812. The molecule has 0 aromatic heterocycles. The van der Waals surface area contributed by atoms with Gasteiger partial charge in [-0.05, 0) is 25.7 Å². The van der Waals surface area contributed by atoms with E-state index in [-0.39, 0.29) is 5.97 Å². The van der Waals surface area contributed by atoms with Gasteiger partial charge in [-0.3, -0.25) is 4.79 Å². The van der Waals surface area contributed by atoms with Gasteiger partial charge in [0.15, 0.2) is 0 Å². The maximum atomic E-state index is 11.4. The van der Waals surface area contributed by atoms with Crippen LogP contribution < -0.4 is 0 Å². The van der Waals surface area contributed by atoms with Crippen molar-refractivity contribution in [1.82, 2.24) is 0 Å². The van der Waals surface area contributed by atoms with Crippen molar-refractivity contribution >= 4 is 5.97 Å². The summed E-state index contributed by atoms with van der Waals surface area (Å²) in [7, 11) is 0. The fourth-order valence-corrected chi connectivity index (χ4v) is 2.30. The number of carbonyl (C=O) groups excluding carboxylic acids is 1. The highest BCUT2D eigenvalue weighted by Gasteiger charge is 2.01. The first-order valence-corrected chi connectivity index (χ1v) is 7.70. The van der Waals surface area contributed by atoms with Gasteiger partial charge in [-0.25, -0.2) is 0 Å². The highest BCUT2D eigenvalue weighted by molar-refractivity contribution is 5.69. The van der Waals surface area contributed by atoms with Crippen LogP contribution in [0.1, 0.15) is 77.0 Å². The van der Waals surface area contributed by atoms with Crippen LogP contribution in [0.25, 0.3) is 0 Å². The number of hydrogen-bond donors (Lipinski definition) is 0. The van der Waals surface area contributed by atoms with Crippen LogP contribution in [-0.2, 0) is 9.53 Å². The Bertz CT molecular complexity index is 233. The molecule has 0 atom stereocenters. The van der Waals surface area contributed by atoms with E-state index in [2.05, 4.69) is 12.2 Å². The van der Waals surface area contributed by atoms with E-state index in [1.807, 2.05) is 0 Å². The molecule has 0 saturated carbocycles. The van der Waals surface area contributed by atoms with Gasteiger partial charge in [0.1, 0.15) is 0 Å². The van der Waals surface area contributed by atoms with Gasteiger partial charge < -0.3 is 4.74 Å². The number of ether oxygens (including phenoxy) is 1. The third-order valence-corrected chi connectivity index (χ3v) is 3.46. The molecule has 0 bridgehead atoms. The number of hydrogen-bond acceptors (Lipinski definition) is 2. The van der Waals surface area contributed by atoms with E-state index in [4.69, 9.17) is 4.74 Å². The van der Waals surface area contributed by atoms with E-state index in [1.54, 1.807) is 0 Å². The van der Waals surface area contributed by atoms with Crippen LogP contribution in [0.3, 0.4) is 0 Å². The van der Waals surface area contributed by atoms with Gasteiger partial charge in [-0.2, -0.15) is 0 Å². The second-order valence-corrected chi connectivity index (χ2v) is 5.20.